The minimum Gasteiger partial charge on any atom is -0.393 e. The Labute approximate surface area is 175 Å². The van der Waals surface area contributed by atoms with Crippen molar-refractivity contribution in [1.82, 2.24) is 4.31 Å². The highest BCUT2D eigenvalue weighted by Gasteiger charge is 2.41. The van der Waals surface area contributed by atoms with E-state index in [4.69, 9.17) is 0 Å². The van der Waals surface area contributed by atoms with Crippen molar-refractivity contribution in [3.63, 3.8) is 0 Å². The highest BCUT2D eigenvalue weighted by molar-refractivity contribution is 7.89. The summed E-state index contributed by atoms with van der Waals surface area (Å²) >= 11 is 0. The van der Waals surface area contributed by atoms with Crippen molar-refractivity contribution in [3.05, 3.63) is 29.3 Å². The Balaban J connectivity index is 1.96. The third-order valence-electron chi connectivity index (χ3n) is 6.83. The van der Waals surface area contributed by atoms with Gasteiger partial charge in [-0.2, -0.15) is 0 Å². The summed E-state index contributed by atoms with van der Waals surface area (Å²) in [5, 5.41) is 9.90. The first-order valence-corrected chi connectivity index (χ1v) is 12.5. The fraction of sp³-hybridized carbons (Fsp3) is 0.696. The summed E-state index contributed by atoms with van der Waals surface area (Å²) in [6.45, 7) is 5.62. The van der Waals surface area contributed by atoms with Gasteiger partial charge in [-0.05, 0) is 69.9 Å². The molecule has 0 aromatic heterocycles. The highest BCUT2D eigenvalue weighted by Crippen LogP contribution is 2.35. The Morgan fingerprint density at radius 2 is 1.66 bits per heavy atom. The summed E-state index contributed by atoms with van der Waals surface area (Å²) in [6.07, 6.45) is 7.13. The van der Waals surface area contributed by atoms with E-state index in [1.54, 1.807) is 19.1 Å². The third kappa shape index (κ3) is 4.85. The second-order valence-electron chi connectivity index (χ2n) is 9.06. The zero-order valence-corrected chi connectivity index (χ0v) is 18.7. The number of aryl methyl sites for hydroxylation is 2. The lowest BCUT2D eigenvalue weighted by Gasteiger charge is -2.38. The van der Waals surface area contributed by atoms with Crippen LogP contribution in [0.25, 0.3) is 0 Å². The van der Waals surface area contributed by atoms with Crippen LogP contribution in [0.2, 0.25) is 0 Å². The normalized spacial score (nSPS) is 24.8. The topological polar surface area (TPSA) is 74.7 Å². The van der Waals surface area contributed by atoms with Crippen molar-refractivity contribution in [2.75, 3.05) is 0 Å². The van der Waals surface area contributed by atoms with Crippen LogP contribution in [-0.4, -0.2) is 35.9 Å². The molecule has 0 bridgehead atoms. The Hall–Kier alpha value is -1.40. The smallest absolute Gasteiger partial charge is 0.267 e. The maximum atomic E-state index is 13.7. The number of benzene rings is 1. The summed E-state index contributed by atoms with van der Waals surface area (Å²) in [5.74, 6) is -0.316. The van der Waals surface area contributed by atoms with Crippen molar-refractivity contribution in [1.29, 1.82) is 0 Å². The van der Waals surface area contributed by atoms with Gasteiger partial charge in [0.05, 0.1) is 11.0 Å². The molecular weight excluding hydrogens is 386 g/mol. The first-order valence-electron chi connectivity index (χ1n) is 11.1. The molecule has 0 spiro atoms. The summed E-state index contributed by atoms with van der Waals surface area (Å²) in [4.78, 5) is 13.8. The Kier molecular flexibility index (Phi) is 7.05. The monoisotopic (exact) mass is 421 g/mol. The number of sulfonamides is 1. The molecule has 162 valence electrons. The predicted octanol–water partition coefficient (Wildman–Crippen LogP) is 4.34. The van der Waals surface area contributed by atoms with E-state index in [0.717, 1.165) is 31.2 Å². The third-order valence-corrected chi connectivity index (χ3v) is 8.84. The molecule has 1 aromatic rings. The maximum Gasteiger partial charge on any atom is 0.267 e. The van der Waals surface area contributed by atoms with Crippen molar-refractivity contribution >= 4 is 15.9 Å². The molecule has 29 heavy (non-hydrogen) atoms. The number of aliphatic hydroxyl groups excluding tert-OH is 1. The van der Waals surface area contributed by atoms with Gasteiger partial charge in [-0.15, -0.1) is 0 Å². The van der Waals surface area contributed by atoms with Gasteiger partial charge in [0.25, 0.3) is 10.0 Å². The SMILES string of the molecule is Cc1ccc(S(=O)(=O)N(C(=O)C(C)C2CCCCC2)C2CCC(O)CC2)c(C)c1. The zero-order chi connectivity index (χ0) is 21.2. The van der Waals surface area contributed by atoms with E-state index < -0.39 is 16.1 Å². The van der Waals surface area contributed by atoms with Gasteiger partial charge in [0, 0.05) is 12.0 Å². The molecule has 2 saturated carbocycles. The van der Waals surface area contributed by atoms with Crippen LogP contribution in [0.4, 0.5) is 0 Å². The van der Waals surface area contributed by atoms with E-state index in [1.165, 1.54) is 10.7 Å². The molecule has 0 saturated heterocycles. The molecule has 1 atom stereocenters. The second kappa shape index (κ2) is 9.17. The summed E-state index contributed by atoms with van der Waals surface area (Å²) < 4.78 is 28.6. The molecule has 0 aliphatic heterocycles. The number of carbonyl (C=O) groups is 1. The minimum atomic E-state index is -3.95. The minimum absolute atomic E-state index is 0.221. The fourth-order valence-corrected chi connectivity index (χ4v) is 6.94. The van der Waals surface area contributed by atoms with Crippen LogP contribution in [0.1, 0.15) is 75.8 Å². The van der Waals surface area contributed by atoms with Gasteiger partial charge in [0.1, 0.15) is 0 Å². The number of nitrogens with zero attached hydrogens (tertiary/aromatic N) is 1. The van der Waals surface area contributed by atoms with E-state index in [-0.39, 0.29) is 28.7 Å². The predicted molar refractivity (Wildman–Crippen MR) is 114 cm³/mol. The van der Waals surface area contributed by atoms with E-state index in [9.17, 15) is 18.3 Å². The van der Waals surface area contributed by atoms with Crippen LogP contribution < -0.4 is 0 Å². The largest absolute Gasteiger partial charge is 0.393 e. The molecular formula is C23H35NO4S. The molecule has 1 N–H and O–H groups in total. The van der Waals surface area contributed by atoms with E-state index in [2.05, 4.69) is 0 Å². The summed E-state index contributed by atoms with van der Waals surface area (Å²) in [5.41, 5.74) is 1.67. The number of hydrogen-bond acceptors (Lipinski definition) is 4. The van der Waals surface area contributed by atoms with Gasteiger partial charge < -0.3 is 5.11 Å². The van der Waals surface area contributed by atoms with Crippen molar-refractivity contribution in [3.8, 4) is 0 Å². The Morgan fingerprint density at radius 3 is 2.24 bits per heavy atom. The first kappa shape index (κ1) is 22.3. The standard InChI is InChI=1S/C23H35NO4S/c1-16-9-14-22(17(2)15-16)29(27,28)24(20-10-12-21(25)13-11-20)23(26)18(3)19-7-5-4-6-8-19/h9,14-15,18-21,25H,4-8,10-13H2,1-3H3. The maximum absolute atomic E-state index is 13.7. The number of aliphatic hydroxyl groups is 1. The van der Waals surface area contributed by atoms with Crippen molar-refractivity contribution in [2.45, 2.75) is 95.6 Å². The molecule has 0 heterocycles. The average Bonchev–Trinajstić information content (AvgIpc) is 2.69. The first-order chi connectivity index (χ1) is 13.7. The van der Waals surface area contributed by atoms with E-state index >= 15 is 0 Å². The molecule has 1 unspecified atom stereocenters. The molecule has 1 amide bonds. The second-order valence-corrected chi connectivity index (χ2v) is 10.8. The van der Waals surface area contributed by atoms with Crippen LogP contribution in [0, 0.1) is 25.7 Å². The lowest BCUT2D eigenvalue weighted by Crippen LogP contribution is -2.49. The molecule has 2 fully saturated rings. The highest BCUT2D eigenvalue weighted by atomic mass is 32.2. The van der Waals surface area contributed by atoms with Gasteiger partial charge in [-0.25, -0.2) is 12.7 Å². The van der Waals surface area contributed by atoms with E-state index in [0.29, 0.717) is 31.2 Å². The number of rotatable bonds is 5. The molecule has 0 radical (unpaired) electrons. The lowest BCUT2D eigenvalue weighted by atomic mass is 9.80. The number of amides is 1. The lowest BCUT2D eigenvalue weighted by molar-refractivity contribution is -0.134. The van der Waals surface area contributed by atoms with Crippen LogP contribution in [0.3, 0.4) is 0 Å². The molecule has 2 aliphatic carbocycles. The van der Waals surface area contributed by atoms with Gasteiger partial charge >= 0.3 is 0 Å². The van der Waals surface area contributed by atoms with Gasteiger partial charge in [-0.3, -0.25) is 4.79 Å². The molecule has 5 nitrogen and oxygen atoms in total. The zero-order valence-electron chi connectivity index (χ0n) is 17.9. The van der Waals surface area contributed by atoms with Crippen LogP contribution in [0.15, 0.2) is 23.1 Å². The van der Waals surface area contributed by atoms with Gasteiger partial charge in [-0.1, -0.05) is 43.9 Å². The van der Waals surface area contributed by atoms with Crippen molar-refractivity contribution in [2.24, 2.45) is 11.8 Å². The molecule has 6 heteroatoms. The fourth-order valence-electron chi connectivity index (χ4n) is 5.02. The van der Waals surface area contributed by atoms with Gasteiger partial charge in [0.15, 0.2) is 0 Å². The number of hydrogen-bond donors (Lipinski definition) is 1. The van der Waals surface area contributed by atoms with Crippen molar-refractivity contribution < 1.29 is 18.3 Å². The quantitative estimate of drug-likeness (QED) is 0.767. The van der Waals surface area contributed by atoms with Gasteiger partial charge in [0.2, 0.25) is 5.91 Å². The summed E-state index contributed by atoms with van der Waals surface area (Å²) in [6, 6.07) is 4.90. The van der Waals surface area contributed by atoms with Crippen LogP contribution in [0.5, 0.6) is 0 Å². The van der Waals surface area contributed by atoms with Crippen LogP contribution >= 0.6 is 0 Å². The average molecular weight is 422 g/mol. The van der Waals surface area contributed by atoms with E-state index in [1.807, 2.05) is 19.9 Å². The number of carbonyl (C=O) groups excluding carboxylic acids is 1. The molecule has 2 aliphatic rings. The van der Waals surface area contributed by atoms with Crippen LogP contribution in [-0.2, 0) is 14.8 Å². The molecule has 1 aromatic carbocycles. The molecule has 3 rings (SSSR count). The Bertz CT molecular complexity index is 821. The summed E-state index contributed by atoms with van der Waals surface area (Å²) in [7, 11) is -3.95. The Morgan fingerprint density at radius 1 is 1.03 bits per heavy atom.